The summed E-state index contributed by atoms with van der Waals surface area (Å²) in [5, 5.41) is 51.7. The minimum atomic E-state index is -0.833. The van der Waals surface area contributed by atoms with Gasteiger partial charge in [-0.3, -0.25) is 4.79 Å². The van der Waals surface area contributed by atoms with Gasteiger partial charge < -0.3 is 52.2 Å². The third kappa shape index (κ3) is 10.8. The Kier molecular flexibility index (Phi) is 20.4. The number of nitrogens with two attached hydrogens (primary N) is 3. The maximum atomic E-state index is 11.1. The van der Waals surface area contributed by atoms with E-state index < -0.39 is 36.2 Å². The van der Waals surface area contributed by atoms with Crippen molar-refractivity contribution in [1.29, 1.82) is 0 Å². The summed E-state index contributed by atoms with van der Waals surface area (Å²) in [7, 11) is 0. The minimum Gasteiger partial charge on any atom is -0.481 e. The van der Waals surface area contributed by atoms with Crippen LogP contribution in [-0.4, -0.2) is 92.0 Å². The van der Waals surface area contributed by atoms with Gasteiger partial charge in [0.25, 0.3) is 5.97 Å². The number of halogens is 1. The van der Waals surface area contributed by atoms with E-state index >= 15 is 0 Å². The first-order chi connectivity index (χ1) is 37.1. The quantitative estimate of drug-likeness (QED) is 0.107. The van der Waals surface area contributed by atoms with E-state index in [1.165, 1.54) is 89.9 Å². The SMILES string of the molecule is C.C.C/C=C1/CCC2C3C(CC[C@]12C)[C@@]1(C)CC[C@H](N)CC1[C@@H](O)[C@@H]3O.C/C=C1/CCC2C3C(CC[C@]12C)[C@@]1(C)CC[C@H](N)CC1[C@@H](O)[C@@H]3O.C/C=C1/CCC2C3C(CC[C@]12C)[C@@]1(C)CC[C@H](N)CC1[C@H]1OC(C)(C)O[C@H]31.CC(=O)O.Cl. The lowest BCUT2D eigenvalue weighted by Gasteiger charge is -2.63. The third-order valence-corrected chi connectivity index (χ3v) is 27.8. The number of hydrogen-bond acceptors (Lipinski definition) is 10. The summed E-state index contributed by atoms with van der Waals surface area (Å²) < 4.78 is 13.3. The Hall–Kier alpha value is -1.38. The van der Waals surface area contributed by atoms with E-state index in [9.17, 15) is 20.4 Å². The molecule has 0 spiro atoms. The van der Waals surface area contributed by atoms with E-state index in [0.29, 0.717) is 52.4 Å². The fourth-order valence-corrected chi connectivity index (χ4v) is 23.8. The van der Waals surface area contributed by atoms with Crippen LogP contribution in [0.15, 0.2) is 34.9 Å². The Morgan fingerprint density at radius 2 is 0.732 bits per heavy atom. The van der Waals surface area contributed by atoms with E-state index in [2.05, 4.69) is 94.4 Å². The molecule has 0 aromatic heterocycles. The number of carboxylic acid groups (broad SMARTS) is 1. The second-order valence-electron chi connectivity index (χ2n) is 31.3. The molecule has 1 saturated heterocycles. The van der Waals surface area contributed by atoms with Gasteiger partial charge in [0.1, 0.15) is 0 Å². The average Bonchev–Trinajstić information content (AvgIpc) is 3.61. The fourth-order valence-electron chi connectivity index (χ4n) is 23.8. The Bertz CT molecular complexity index is 2250. The highest BCUT2D eigenvalue weighted by molar-refractivity contribution is 5.85. The molecule has 12 saturated carbocycles. The van der Waals surface area contributed by atoms with Crippen LogP contribution in [0.3, 0.4) is 0 Å². The van der Waals surface area contributed by atoms with Gasteiger partial charge in [-0.15, -0.1) is 12.4 Å². The lowest BCUT2D eigenvalue weighted by Crippen LogP contribution is -2.64. The summed E-state index contributed by atoms with van der Waals surface area (Å²) >= 11 is 0. The predicted molar refractivity (Wildman–Crippen MR) is 335 cm³/mol. The van der Waals surface area contributed by atoms with Gasteiger partial charge in [0.15, 0.2) is 5.79 Å². The van der Waals surface area contributed by atoms with Gasteiger partial charge in [0.2, 0.25) is 0 Å². The number of ether oxygens (including phenoxy) is 2. The van der Waals surface area contributed by atoms with Crippen molar-refractivity contribution in [2.24, 2.45) is 121 Å². The summed E-state index contributed by atoms with van der Waals surface area (Å²) in [5.74, 6) is 4.43. The topological polar surface area (TPSA) is 215 Å². The molecule has 11 nitrogen and oxygen atoms in total. The summed E-state index contributed by atoms with van der Waals surface area (Å²) in [6, 6.07) is 0.718. The molecule has 82 heavy (non-hydrogen) atoms. The molecule has 0 bridgehead atoms. The maximum Gasteiger partial charge on any atom is 0.300 e. The van der Waals surface area contributed by atoms with Crippen molar-refractivity contribution < 1.29 is 39.8 Å². The molecule has 13 rings (SSSR count). The fraction of sp³-hybridized carbons (Fsp3) is 0.900. The smallest absolute Gasteiger partial charge is 0.300 e. The van der Waals surface area contributed by atoms with Crippen molar-refractivity contribution in [3.05, 3.63) is 34.9 Å². The van der Waals surface area contributed by atoms with Gasteiger partial charge in [-0.2, -0.15) is 0 Å². The van der Waals surface area contributed by atoms with Crippen molar-refractivity contribution in [3.63, 3.8) is 0 Å². The number of aliphatic hydroxyl groups is 4. The van der Waals surface area contributed by atoms with Crippen LogP contribution in [0.1, 0.15) is 233 Å². The largest absolute Gasteiger partial charge is 0.481 e. The molecule has 0 radical (unpaired) electrons. The molecule has 12 aliphatic carbocycles. The molecule has 0 amide bonds. The molecule has 27 atom stereocenters. The Morgan fingerprint density at radius 3 is 1.07 bits per heavy atom. The molecule has 13 fully saturated rings. The highest BCUT2D eigenvalue weighted by Crippen LogP contribution is 2.72. The second-order valence-corrected chi connectivity index (χ2v) is 31.3. The van der Waals surface area contributed by atoms with E-state index in [-0.39, 0.29) is 96.9 Å². The van der Waals surface area contributed by atoms with Crippen molar-refractivity contribution >= 4 is 18.4 Å². The molecule has 0 aromatic carbocycles. The van der Waals surface area contributed by atoms with Crippen molar-refractivity contribution in [2.45, 2.75) is 293 Å². The van der Waals surface area contributed by atoms with Crippen LogP contribution in [0, 0.1) is 104 Å². The zero-order chi connectivity index (χ0) is 57.3. The highest BCUT2D eigenvalue weighted by atomic mass is 35.5. The van der Waals surface area contributed by atoms with E-state index in [1.807, 2.05) is 0 Å². The summed E-state index contributed by atoms with van der Waals surface area (Å²) in [6.45, 7) is 26.7. The van der Waals surface area contributed by atoms with Crippen LogP contribution in [0.4, 0.5) is 0 Å². The van der Waals surface area contributed by atoms with Gasteiger partial charge in [0.05, 0.1) is 36.6 Å². The predicted octanol–water partition coefficient (Wildman–Crippen LogP) is 13.3. The van der Waals surface area contributed by atoms with E-state index in [0.717, 1.165) is 63.7 Å². The van der Waals surface area contributed by atoms with Gasteiger partial charge in [-0.25, -0.2) is 0 Å². The zero-order valence-corrected chi connectivity index (χ0v) is 52.6. The van der Waals surface area contributed by atoms with Gasteiger partial charge in [-0.05, 0) is 273 Å². The molecule has 13 aliphatic rings. The number of carboxylic acids is 1. The molecule has 11 N–H and O–H groups in total. The number of fused-ring (bicyclic) bond motifs is 18. The molecule has 1 heterocycles. The van der Waals surface area contributed by atoms with Crippen molar-refractivity contribution in [1.82, 2.24) is 0 Å². The molecule has 0 aromatic rings. The van der Waals surface area contributed by atoms with Crippen LogP contribution in [0.2, 0.25) is 0 Å². The first-order valence-electron chi connectivity index (χ1n) is 32.6. The summed E-state index contributed by atoms with van der Waals surface area (Å²) in [6.07, 6.45) is 29.8. The standard InChI is InChI=1S/C24H39NO2.2C21H35NO2.C2H4O2.2CH4.ClH/c1-6-14-7-8-16-19-17(10-12-23(14,16)4)24(5)11-9-15(25)13-18(24)20-21(19)27-22(2,3)26-20;2*1-4-12-5-6-14-17-15(8-10-20(12,14)2)21(3)9-7-13(22)11-16(21)18(23)19(17)24;1-2(3)4;;;/h6,15-21H,7-13,25H2,1-5H3;2*4,13-19,23-24H,5-11,22H2,1-3H3;1H3,(H,3,4);2*1H4;1H/b14-6-;2*12-4-;;;;/t15-,16?,17?,18?,19?,20+,21+,23+,24+;2*13-,14?,15?,16?,17?,18+,19+,20+,21+;;;;/m000..../s1. The normalized spacial score (nSPS) is 53.8. The van der Waals surface area contributed by atoms with Gasteiger partial charge in [-0.1, -0.05) is 91.3 Å². The maximum absolute atomic E-state index is 11.1. The first kappa shape index (κ1) is 68.1. The van der Waals surface area contributed by atoms with Crippen LogP contribution >= 0.6 is 12.4 Å². The molecule has 1 aliphatic heterocycles. The number of aliphatic hydroxyl groups excluding tert-OH is 4. The number of rotatable bonds is 0. The first-order valence-corrected chi connectivity index (χ1v) is 32.6. The molecule has 12 unspecified atom stereocenters. The lowest BCUT2D eigenvalue weighted by molar-refractivity contribution is -0.210. The third-order valence-electron chi connectivity index (χ3n) is 27.8. The van der Waals surface area contributed by atoms with E-state index in [4.69, 9.17) is 36.6 Å². The molecule has 12 heteroatoms. The Balaban J connectivity index is 0.000000169. The second kappa shape index (κ2) is 24.5. The number of carbonyl (C=O) groups is 1. The minimum absolute atomic E-state index is 0. The monoisotopic (exact) mass is 1170 g/mol. The Labute approximate surface area is 504 Å². The lowest BCUT2D eigenvalue weighted by atomic mass is 9.43. The average molecular weight is 1170 g/mol. The number of allylic oxidation sites excluding steroid dienone is 6. The molecular weight excluding hydrogens is 1050 g/mol. The number of hydrogen-bond donors (Lipinski definition) is 8. The van der Waals surface area contributed by atoms with Gasteiger partial charge >= 0.3 is 0 Å². The molecule has 472 valence electrons. The van der Waals surface area contributed by atoms with E-state index in [1.54, 1.807) is 16.7 Å². The highest BCUT2D eigenvalue weighted by Gasteiger charge is 2.69. The van der Waals surface area contributed by atoms with Crippen LogP contribution in [0.25, 0.3) is 0 Å². The van der Waals surface area contributed by atoms with Crippen LogP contribution in [-0.2, 0) is 14.3 Å². The molecular formula is C70H122ClN3O8. The number of aliphatic carboxylic acids is 1. The van der Waals surface area contributed by atoms with Crippen LogP contribution in [0.5, 0.6) is 0 Å². The Morgan fingerprint density at radius 1 is 0.439 bits per heavy atom. The van der Waals surface area contributed by atoms with Crippen molar-refractivity contribution in [3.8, 4) is 0 Å². The van der Waals surface area contributed by atoms with Gasteiger partial charge in [0, 0.05) is 25.0 Å². The van der Waals surface area contributed by atoms with Crippen LogP contribution < -0.4 is 17.2 Å². The summed E-state index contributed by atoms with van der Waals surface area (Å²) in [5.41, 5.74) is 25.3. The van der Waals surface area contributed by atoms with Crippen molar-refractivity contribution in [2.75, 3.05) is 0 Å². The summed E-state index contributed by atoms with van der Waals surface area (Å²) in [4.78, 5) is 9.00. The zero-order valence-electron chi connectivity index (χ0n) is 51.8.